The number of aromatic nitrogens is 2. The molecule has 3 N–H and O–H groups in total. The van der Waals surface area contributed by atoms with Crippen molar-refractivity contribution in [1.29, 1.82) is 0 Å². The van der Waals surface area contributed by atoms with E-state index in [0.29, 0.717) is 5.82 Å². The number of rotatable bonds is 3. The van der Waals surface area contributed by atoms with E-state index in [-0.39, 0.29) is 18.3 Å². The standard InChI is InChI=1S/C14H17BrN4O.ClH/c1-9-8-12(19(3)18-9)17-13(20)14(2,16)10-4-6-11(15)7-5-10;/h4-8H,16H2,1-3H3,(H,17,20);1H. The van der Waals surface area contributed by atoms with Gasteiger partial charge in [0.05, 0.1) is 5.69 Å². The molecule has 0 saturated carbocycles. The molecule has 1 heterocycles. The molecule has 0 radical (unpaired) electrons. The Hall–Kier alpha value is -1.37. The van der Waals surface area contributed by atoms with Crippen LogP contribution in [0.5, 0.6) is 0 Å². The summed E-state index contributed by atoms with van der Waals surface area (Å²) in [6.07, 6.45) is 0. The Balaban J connectivity index is 0.00000220. The molecule has 0 fully saturated rings. The van der Waals surface area contributed by atoms with Crippen molar-refractivity contribution < 1.29 is 4.79 Å². The Labute approximate surface area is 138 Å². The number of nitrogens with zero attached hydrogens (tertiary/aromatic N) is 2. The van der Waals surface area contributed by atoms with Crippen LogP contribution in [0.1, 0.15) is 18.2 Å². The molecule has 5 nitrogen and oxygen atoms in total. The molecule has 2 rings (SSSR count). The first-order valence-corrected chi connectivity index (χ1v) is 6.97. The summed E-state index contributed by atoms with van der Waals surface area (Å²) < 4.78 is 2.56. The first-order chi connectivity index (χ1) is 9.30. The van der Waals surface area contributed by atoms with Gasteiger partial charge in [0.25, 0.3) is 0 Å². The van der Waals surface area contributed by atoms with Crippen molar-refractivity contribution in [2.24, 2.45) is 12.8 Å². The average Bonchev–Trinajstić information content (AvgIpc) is 2.68. The van der Waals surface area contributed by atoms with Crippen molar-refractivity contribution >= 4 is 40.1 Å². The summed E-state index contributed by atoms with van der Waals surface area (Å²) in [6, 6.07) is 9.19. The second-order valence-corrected chi connectivity index (χ2v) is 5.87. The first-order valence-electron chi connectivity index (χ1n) is 6.17. The lowest BCUT2D eigenvalue weighted by molar-refractivity contribution is -0.120. The second-order valence-electron chi connectivity index (χ2n) is 4.96. The Kier molecular flexibility index (Phi) is 5.55. The fourth-order valence-corrected chi connectivity index (χ4v) is 2.17. The van der Waals surface area contributed by atoms with Crippen molar-refractivity contribution in [3.63, 3.8) is 0 Å². The summed E-state index contributed by atoms with van der Waals surface area (Å²) in [5.74, 6) is 0.351. The normalized spacial score (nSPS) is 13.2. The molecule has 0 aliphatic rings. The van der Waals surface area contributed by atoms with Crippen molar-refractivity contribution in [2.45, 2.75) is 19.4 Å². The number of nitrogens with two attached hydrogens (primary N) is 1. The molecule has 0 aliphatic carbocycles. The lowest BCUT2D eigenvalue weighted by atomic mass is 9.92. The second kappa shape index (κ2) is 6.60. The molecular weight excluding hydrogens is 356 g/mol. The predicted molar refractivity (Wildman–Crippen MR) is 89.5 cm³/mol. The molecule has 7 heteroatoms. The maximum atomic E-state index is 12.4. The lowest BCUT2D eigenvalue weighted by Gasteiger charge is -2.24. The third-order valence-corrected chi connectivity index (χ3v) is 3.69. The highest BCUT2D eigenvalue weighted by molar-refractivity contribution is 9.10. The Bertz CT molecular complexity index is 637. The van der Waals surface area contributed by atoms with E-state index >= 15 is 0 Å². The number of hydrogen-bond donors (Lipinski definition) is 2. The van der Waals surface area contributed by atoms with Crippen LogP contribution in [0.25, 0.3) is 0 Å². The fourth-order valence-electron chi connectivity index (χ4n) is 1.90. The van der Waals surface area contributed by atoms with E-state index in [1.807, 2.05) is 31.2 Å². The van der Waals surface area contributed by atoms with Crippen LogP contribution in [0.3, 0.4) is 0 Å². The number of carbonyl (C=O) groups is 1. The van der Waals surface area contributed by atoms with Gasteiger partial charge in [-0.15, -0.1) is 12.4 Å². The zero-order valence-electron chi connectivity index (χ0n) is 12.1. The van der Waals surface area contributed by atoms with Crippen LogP contribution >= 0.6 is 28.3 Å². The van der Waals surface area contributed by atoms with Gasteiger partial charge in [0.2, 0.25) is 5.91 Å². The topological polar surface area (TPSA) is 72.9 Å². The Morgan fingerprint density at radius 3 is 2.43 bits per heavy atom. The molecule has 1 aromatic carbocycles. The molecule has 21 heavy (non-hydrogen) atoms. The minimum Gasteiger partial charge on any atom is -0.314 e. The number of amides is 1. The largest absolute Gasteiger partial charge is 0.314 e. The van der Waals surface area contributed by atoms with Crippen LogP contribution in [-0.4, -0.2) is 15.7 Å². The van der Waals surface area contributed by atoms with Gasteiger partial charge in [-0.3, -0.25) is 9.48 Å². The molecule has 1 amide bonds. The summed E-state index contributed by atoms with van der Waals surface area (Å²) in [6.45, 7) is 3.56. The molecule has 114 valence electrons. The predicted octanol–water partition coefficient (Wildman–Crippen LogP) is 2.73. The number of halogens is 2. The number of nitrogens with one attached hydrogen (secondary N) is 1. The molecule has 1 aromatic heterocycles. The molecular formula is C14H18BrClN4O. The van der Waals surface area contributed by atoms with Gasteiger partial charge in [-0.1, -0.05) is 28.1 Å². The molecule has 1 unspecified atom stereocenters. The summed E-state index contributed by atoms with van der Waals surface area (Å²) >= 11 is 3.36. The van der Waals surface area contributed by atoms with Crippen LogP contribution in [0.4, 0.5) is 5.82 Å². The zero-order chi connectivity index (χ0) is 14.9. The highest BCUT2D eigenvalue weighted by atomic mass is 79.9. The van der Waals surface area contributed by atoms with Crippen LogP contribution < -0.4 is 11.1 Å². The fraction of sp³-hybridized carbons (Fsp3) is 0.286. The maximum Gasteiger partial charge on any atom is 0.249 e. The highest BCUT2D eigenvalue weighted by Gasteiger charge is 2.31. The highest BCUT2D eigenvalue weighted by Crippen LogP contribution is 2.22. The summed E-state index contributed by atoms with van der Waals surface area (Å²) in [4.78, 5) is 12.4. The summed E-state index contributed by atoms with van der Waals surface area (Å²) in [5.41, 5.74) is 6.65. The lowest BCUT2D eigenvalue weighted by Crippen LogP contribution is -2.45. The monoisotopic (exact) mass is 372 g/mol. The minimum absolute atomic E-state index is 0. The SMILES string of the molecule is Cc1cc(NC(=O)C(C)(N)c2ccc(Br)cc2)n(C)n1.Cl. The molecule has 0 aliphatic heterocycles. The molecule has 0 bridgehead atoms. The minimum atomic E-state index is -1.11. The number of hydrogen-bond acceptors (Lipinski definition) is 3. The Morgan fingerprint density at radius 2 is 1.95 bits per heavy atom. The quantitative estimate of drug-likeness (QED) is 0.869. The number of benzene rings is 1. The zero-order valence-corrected chi connectivity index (χ0v) is 14.5. The van der Waals surface area contributed by atoms with E-state index in [1.54, 1.807) is 24.7 Å². The van der Waals surface area contributed by atoms with Gasteiger partial charge in [0.15, 0.2) is 0 Å². The van der Waals surface area contributed by atoms with Gasteiger partial charge < -0.3 is 11.1 Å². The van der Waals surface area contributed by atoms with Crippen molar-refractivity contribution in [3.8, 4) is 0 Å². The molecule has 1 atom stereocenters. The van der Waals surface area contributed by atoms with Gasteiger partial charge in [-0.2, -0.15) is 5.10 Å². The maximum absolute atomic E-state index is 12.4. The van der Waals surface area contributed by atoms with Gasteiger partial charge in [0.1, 0.15) is 11.4 Å². The number of anilines is 1. The van der Waals surface area contributed by atoms with Crippen molar-refractivity contribution in [1.82, 2.24) is 9.78 Å². The van der Waals surface area contributed by atoms with Crippen LogP contribution in [0.2, 0.25) is 0 Å². The van der Waals surface area contributed by atoms with Gasteiger partial charge >= 0.3 is 0 Å². The van der Waals surface area contributed by atoms with Gasteiger partial charge in [-0.25, -0.2) is 0 Å². The Morgan fingerprint density at radius 1 is 1.38 bits per heavy atom. The van der Waals surface area contributed by atoms with E-state index in [0.717, 1.165) is 15.7 Å². The smallest absolute Gasteiger partial charge is 0.249 e. The summed E-state index contributed by atoms with van der Waals surface area (Å²) in [5, 5.41) is 6.99. The third-order valence-electron chi connectivity index (χ3n) is 3.16. The van der Waals surface area contributed by atoms with Crippen molar-refractivity contribution in [3.05, 3.63) is 46.1 Å². The van der Waals surface area contributed by atoms with E-state index in [1.165, 1.54) is 0 Å². The van der Waals surface area contributed by atoms with Crippen LogP contribution in [-0.2, 0) is 17.4 Å². The average molecular weight is 374 g/mol. The van der Waals surface area contributed by atoms with E-state index in [2.05, 4.69) is 26.3 Å². The van der Waals surface area contributed by atoms with Gasteiger partial charge in [-0.05, 0) is 31.5 Å². The molecule has 0 saturated heterocycles. The van der Waals surface area contributed by atoms with E-state index in [9.17, 15) is 4.79 Å². The van der Waals surface area contributed by atoms with Crippen LogP contribution in [0.15, 0.2) is 34.8 Å². The van der Waals surface area contributed by atoms with E-state index in [4.69, 9.17) is 5.73 Å². The summed E-state index contributed by atoms with van der Waals surface area (Å²) in [7, 11) is 1.77. The van der Waals surface area contributed by atoms with Crippen LogP contribution in [0, 0.1) is 6.92 Å². The van der Waals surface area contributed by atoms with E-state index < -0.39 is 5.54 Å². The van der Waals surface area contributed by atoms with Crippen molar-refractivity contribution in [2.75, 3.05) is 5.32 Å². The molecule has 2 aromatic rings. The third kappa shape index (κ3) is 3.84. The number of aryl methyl sites for hydroxylation is 2. The number of carbonyl (C=O) groups excluding carboxylic acids is 1. The van der Waals surface area contributed by atoms with Gasteiger partial charge in [0, 0.05) is 17.6 Å². The molecule has 0 spiro atoms. The first kappa shape index (κ1) is 17.7.